The van der Waals surface area contributed by atoms with Gasteiger partial charge in [-0.05, 0) is 30.2 Å². The standard InChI is InChI=1S/C17H19N3O5/c1-3-11(2)16(21)19-13-6-4-5-12(9-13)10-18-17(22)14-7-8-15(25-14)20(23)24/h4-9,11H,3,10H2,1-2H3,(H,18,22)(H,19,21)/t11-/m1/s1. The zero-order chi connectivity index (χ0) is 18.4. The molecule has 1 aromatic carbocycles. The number of nitrogens with zero attached hydrogens (tertiary/aromatic N) is 1. The lowest BCUT2D eigenvalue weighted by Crippen LogP contribution is -2.22. The summed E-state index contributed by atoms with van der Waals surface area (Å²) in [6.45, 7) is 3.98. The van der Waals surface area contributed by atoms with Gasteiger partial charge in [-0.15, -0.1) is 0 Å². The van der Waals surface area contributed by atoms with Crippen molar-refractivity contribution in [3.05, 3.63) is 57.8 Å². The van der Waals surface area contributed by atoms with Crippen LogP contribution in [0.5, 0.6) is 0 Å². The van der Waals surface area contributed by atoms with Gasteiger partial charge < -0.3 is 15.1 Å². The van der Waals surface area contributed by atoms with Gasteiger partial charge in [0.1, 0.15) is 4.92 Å². The Hall–Kier alpha value is -3.16. The highest BCUT2D eigenvalue weighted by atomic mass is 16.6. The maximum Gasteiger partial charge on any atom is 0.433 e. The lowest BCUT2D eigenvalue weighted by atomic mass is 10.1. The van der Waals surface area contributed by atoms with Crippen molar-refractivity contribution in [1.82, 2.24) is 5.32 Å². The molecule has 1 aromatic heterocycles. The van der Waals surface area contributed by atoms with E-state index in [1.807, 2.05) is 13.8 Å². The van der Waals surface area contributed by atoms with Gasteiger partial charge in [-0.2, -0.15) is 0 Å². The average molecular weight is 345 g/mol. The summed E-state index contributed by atoms with van der Waals surface area (Å²) in [6.07, 6.45) is 0.747. The Labute approximate surface area is 144 Å². The van der Waals surface area contributed by atoms with Crippen molar-refractivity contribution >= 4 is 23.4 Å². The van der Waals surface area contributed by atoms with Crippen LogP contribution in [0.15, 0.2) is 40.8 Å². The van der Waals surface area contributed by atoms with Crippen LogP contribution in [0.3, 0.4) is 0 Å². The summed E-state index contributed by atoms with van der Waals surface area (Å²) >= 11 is 0. The average Bonchev–Trinajstić information content (AvgIpc) is 3.09. The fourth-order valence-corrected chi connectivity index (χ4v) is 2.03. The van der Waals surface area contributed by atoms with Crippen LogP contribution < -0.4 is 10.6 Å². The third-order valence-electron chi connectivity index (χ3n) is 3.70. The van der Waals surface area contributed by atoms with Gasteiger partial charge in [-0.1, -0.05) is 26.0 Å². The minimum Gasteiger partial charge on any atom is -0.395 e. The van der Waals surface area contributed by atoms with Crippen LogP contribution in [0.1, 0.15) is 36.4 Å². The Balaban J connectivity index is 1.96. The third kappa shape index (κ3) is 4.90. The molecule has 0 radical (unpaired) electrons. The second kappa shape index (κ2) is 8.09. The lowest BCUT2D eigenvalue weighted by Gasteiger charge is -2.11. The molecular weight excluding hydrogens is 326 g/mol. The molecule has 2 N–H and O–H groups in total. The second-order valence-corrected chi connectivity index (χ2v) is 5.58. The Morgan fingerprint density at radius 3 is 2.68 bits per heavy atom. The van der Waals surface area contributed by atoms with Crippen molar-refractivity contribution in [3.63, 3.8) is 0 Å². The van der Waals surface area contributed by atoms with Gasteiger partial charge in [0.05, 0.1) is 6.07 Å². The Morgan fingerprint density at radius 2 is 2.04 bits per heavy atom. The SMILES string of the molecule is CC[C@@H](C)C(=O)Nc1cccc(CNC(=O)c2ccc([N+](=O)[O-])o2)c1. The van der Waals surface area contributed by atoms with Gasteiger partial charge in [-0.25, -0.2) is 0 Å². The number of furan rings is 1. The third-order valence-corrected chi connectivity index (χ3v) is 3.70. The second-order valence-electron chi connectivity index (χ2n) is 5.58. The molecule has 25 heavy (non-hydrogen) atoms. The number of hydrogen-bond donors (Lipinski definition) is 2. The molecule has 0 aliphatic carbocycles. The first-order valence-corrected chi connectivity index (χ1v) is 7.83. The number of hydrogen-bond acceptors (Lipinski definition) is 5. The number of carbonyl (C=O) groups is 2. The number of nitro groups is 1. The molecule has 0 spiro atoms. The zero-order valence-electron chi connectivity index (χ0n) is 13.9. The summed E-state index contributed by atoms with van der Waals surface area (Å²) in [4.78, 5) is 33.7. The number of rotatable bonds is 7. The van der Waals surface area contributed by atoms with Crippen LogP contribution in [0.2, 0.25) is 0 Å². The van der Waals surface area contributed by atoms with Gasteiger partial charge in [0.15, 0.2) is 5.76 Å². The van der Waals surface area contributed by atoms with Gasteiger partial charge in [-0.3, -0.25) is 19.7 Å². The van der Waals surface area contributed by atoms with E-state index in [1.54, 1.807) is 24.3 Å². The van der Waals surface area contributed by atoms with Crippen LogP contribution in [0.4, 0.5) is 11.6 Å². The van der Waals surface area contributed by atoms with Crippen LogP contribution in [0, 0.1) is 16.0 Å². The van der Waals surface area contributed by atoms with Crippen molar-refractivity contribution in [2.75, 3.05) is 5.32 Å². The molecule has 132 valence electrons. The highest BCUT2D eigenvalue weighted by Gasteiger charge is 2.17. The molecule has 0 bridgehead atoms. The highest BCUT2D eigenvalue weighted by Crippen LogP contribution is 2.16. The zero-order valence-corrected chi connectivity index (χ0v) is 13.9. The van der Waals surface area contributed by atoms with Crippen LogP contribution in [0.25, 0.3) is 0 Å². The van der Waals surface area contributed by atoms with Crippen molar-refractivity contribution in [3.8, 4) is 0 Å². The summed E-state index contributed by atoms with van der Waals surface area (Å²) < 4.78 is 4.84. The van der Waals surface area contributed by atoms with E-state index in [4.69, 9.17) is 4.42 Å². The number of amides is 2. The molecule has 8 nitrogen and oxygen atoms in total. The van der Waals surface area contributed by atoms with E-state index < -0.39 is 16.7 Å². The first-order chi connectivity index (χ1) is 11.9. The van der Waals surface area contributed by atoms with Gasteiger partial charge in [0.25, 0.3) is 5.91 Å². The number of nitrogens with one attached hydrogen (secondary N) is 2. The summed E-state index contributed by atoms with van der Waals surface area (Å²) in [5.41, 5.74) is 1.42. The first kappa shape index (κ1) is 18.2. The van der Waals surface area contributed by atoms with Crippen molar-refractivity contribution in [2.24, 2.45) is 5.92 Å². The van der Waals surface area contributed by atoms with E-state index in [0.717, 1.165) is 18.1 Å². The molecule has 2 rings (SSSR count). The smallest absolute Gasteiger partial charge is 0.395 e. The molecule has 0 saturated heterocycles. The Kier molecular flexibility index (Phi) is 5.89. The normalized spacial score (nSPS) is 11.6. The van der Waals surface area contributed by atoms with Crippen molar-refractivity contribution in [2.45, 2.75) is 26.8 Å². The van der Waals surface area contributed by atoms with E-state index in [1.165, 1.54) is 6.07 Å². The molecule has 8 heteroatoms. The molecule has 2 amide bonds. The van der Waals surface area contributed by atoms with E-state index >= 15 is 0 Å². The molecule has 0 aliphatic rings. The van der Waals surface area contributed by atoms with Gasteiger partial charge in [0, 0.05) is 18.2 Å². The van der Waals surface area contributed by atoms with E-state index in [9.17, 15) is 19.7 Å². The topological polar surface area (TPSA) is 114 Å². The number of carbonyl (C=O) groups excluding carboxylic acids is 2. The van der Waals surface area contributed by atoms with E-state index in [0.29, 0.717) is 5.69 Å². The minimum atomic E-state index is -0.708. The van der Waals surface area contributed by atoms with E-state index in [2.05, 4.69) is 10.6 Å². The molecule has 0 fully saturated rings. The quantitative estimate of drug-likeness (QED) is 0.591. The molecule has 0 saturated carbocycles. The first-order valence-electron chi connectivity index (χ1n) is 7.83. The Bertz CT molecular complexity index is 784. The van der Waals surface area contributed by atoms with E-state index in [-0.39, 0.29) is 24.1 Å². The van der Waals surface area contributed by atoms with Crippen molar-refractivity contribution < 1.29 is 18.9 Å². The summed E-state index contributed by atoms with van der Waals surface area (Å²) in [7, 11) is 0. The molecule has 1 heterocycles. The predicted molar refractivity (Wildman–Crippen MR) is 91.1 cm³/mol. The highest BCUT2D eigenvalue weighted by molar-refractivity contribution is 5.92. The minimum absolute atomic E-state index is 0.0634. The van der Waals surface area contributed by atoms with Crippen LogP contribution >= 0.6 is 0 Å². The summed E-state index contributed by atoms with van der Waals surface area (Å²) in [5.74, 6) is -1.32. The molecular formula is C17H19N3O5. The lowest BCUT2D eigenvalue weighted by molar-refractivity contribution is -0.402. The summed E-state index contributed by atoms with van der Waals surface area (Å²) in [6, 6.07) is 9.46. The molecule has 0 aliphatic heterocycles. The predicted octanol–water partition coefficient (Wildman–Crippen LogP) is 3.10. The fourth-order valence-electron chi connectivity index (χ4n) is 2.03. The van der Waals surface area contributed by atoms with Gasteiger partial charge in [0.2, 0.25) is 5.91 Å². The fraction of sp³-hybridized carbons (Fsp3) is 0.294. The summed E-state index contributed by atoms with van der Waals surface area (Å²) in [5, 5.41) is 16.0. The van der Waals surface area contributed by atoms with Crippen LogP contribution in [-0.4, -0.2) is 16.7 Å². The number of benzene rings is 1. The molecule has 2 aromatic rings. The van der Waals surface area contributed by atoms with Crippen LogP contribution in [-0.2, 0) is 11.3 Å². The van der Waals surface area contributed by atoms with Gasteiger partial charge >= 0.3 is 5.88 Å². The van der Waals surface area contributed by atoms with Crippen molar-refractivity contribution in [1.29, 1.82) is 0 Å². The Morgan fingerprint density at radius 1 is 1.28 bits per heavy atom. The molecule has 0 unspecified atom stereocenters. The monoisotopic (exact) mass is 345 g/mol. The maximum absolute atomic E-state index is 11.9. The number of anilines is 1. The molecule has 1 atom stereocenters. The maximum atomic E-state index is 11.9. The largest absolute Gasteiger partial charge is 0.433 e.